The van der Waals surface area contributed by atoms with Crippen molar-refractivity contribution >= 4 is 5.97 Å². The Kier molecular flexibility index (Phi) is 4.95. The number of hydrogen-bond donors (Lipinski definition) is 1. The fourth-order valence-electron chi connectivity index (χ4n) is 3.19. The third-order valence-corrected chi connectivity index (χ3v) is 4.40. The molecule has 3 rings (SSSR count). The second-order valence-electron chi connectivity index (χ2n) is 5.93. The zero-order valence-electron chi connectivity index (χ0n) is 12.8. The second-order valence-corrected chi connectivity index (χ2v) is 5.93. The van der Waals surface area contributed by atoms with E-state index in [1.54, 1.807) is 6.07 Å². The highest BCUT2D eigenvalue weighted by Gasteiger charge is 2.19. The first kappa shape index (κ1) is 15.3. The van der Waals surface area contributed by atoms with Gasteiger partial charge in [-0.25, -0.2) is 4.79 Å². The quantitative estimate of drug-likeness (QED) is 0.901. The molecule has 0 atom stereocenters. The lowest BCUT2D eigenvalue weighted by molar-refractivity contribution is 0.0691. The molecule has 1 heterocycles. The van der Waals surface area contributed by atoms with Gasteiger partial charge in [-0.2, -0.15) is 0 Å². The average Bonchev–Trinajstić information content (AvgIpc) is 2.80. The number of carbonyl (C=O) groups is 1. The van der Waals surface area contributed by atoms with E-state index in [0.29, 0.717) is 17.9 Å². The molecule has 1 fully saturated rings. The number of nitrogens with zero attached hydrogens (tertiary/aromatic N) is 1. The predicted molar refractivity (Wildman–Crippen MR) is 82.8 cm³/mol. The van der Waals surface area contributed by atoms with Crippen LogP contribution in [0.25, 0.3) is 0 Å². The highest BCUT2D eigenvalue weighted by Crippen LogP contribution is 2.30. The van der Waals surface area contributed by atoms with Crippen molar-refractivity contribution in [2.75, 3.05) is 39.5 Å². The summed E-state index contributed by atoms with van der Waals surface area (Å²) in [7, 11) is 0. The van der Waals surface area contributed by atoms with Crippen LogP contribution in [0.1, 0.15) is 34.3 Å². The molecular weight excluding hydrogens is 282 g/mol. The normalized spacial score (nSPS) is 18.7. The Hall–Kier alpha value is -1.59. The number of rotatable bonds is 5. The largest absolute Gasteiger partial charge is 0.491 e. The molecule has 1 N–H and O–H groups in total. The van der Waals surface area contributed by atoms with E-state index in [9.17, 15) is 9.90 Å². The Labute approximate surface area is 130 Å². The van der Waals surface area contributed by atoms with Crippen LogP contribution in [0.3, 0.4) is 0 Å². The first-order valence-electron chi connectivity index (χ1n) is 8.06. The van der Waals surface area contributed by atoms with E-state index in [1.807, 2.05) is 6.07 Å². The zero-order chi connectivity index (χ0) is 15.4. The van der Waals surface area contributed by atoms with Crippen LogP contribution in [0.4, 0.5) is 0 Å². The van der Waals surface area contributed by atoms with Gasteiger partial charge in [-0.05, 0) is 48.9 Å². The van der Waals surface area contributed by atoms with Gasteiger partial charge >= 0.3 is 5.97 Å². The number of hydrogen-bond acceptors (Lipinski definition) is 4. The van der Waals surface area contributed by atoms with Gasteiger partial charge < -0.3 is 14.6 Å². The maximum Gasteiger partial charge on any atom is 0.339 e. The summed E-state index contributed by atoms with van der Waals surface area (Å²) in [6, 6.07) is 3.72. The summed E-state index contributed by atoms with van der Waals surface area (Å²) in [4.78, 5) is 13.7. The maximum atomic E-state index is 11.4. The number of carboxylic acid groups (broad SMARTS) is 1. The first-order chi connectivity index (χ1) is 10.7. The van der Waals surface area contributed by atoms with Crippen LogP contribution in [0.15, 0.2) is 12.1 Å². The van der Waals surface area contributed by atoms with Crippen LogP contribution in [0.5, 0.6) is 5.75 Å². The molecule has 0 saturated carbocycles. The lowest BCUT2D eigenvalue weighted by Crippen LogP contribution is -2.30. The summed E-state index contributed by atoms with van der Waals surface area (Å²) in [6.07, 6.45) is 4.14. The van der Waals surface area contributed by atoms with Gasteiger partial charge in [0.05, 0.1) is 6.61 Å². The van der Waals surface area contributed by atoms with Gasteiger partial charge in [-0.15, -0.1) is 0 Å². The van der Waals surface area contributed by atoms with Gasteiger partial charge in [0, 0.05) is 26.2 Å². The highest BCUT2D eigenvalue weighted by molar-refractivity contribution is 5.91. The fourth-order valence-corrected chi connectivity index (χ4v) is 3.19. The third kappa shape index (κ3) is 3.59. The molecule has 1 aromatic rings. The number of aryl methyl sites for hydroxylation is 2. The zero-order valence-corrected chi connectivity index (χ0v) is 12.8. The summed E-state index contributed by atoms with van der Waals surface area (Å²) in [6.45, 7) is 4.84. The van der Waals surface area contributed by atoms with E-state index in [4.69, 9.17) is 9.47 Å². The van der Waals surface area contributed by atoms with Crippen molar-refractivity contribution in [3.8, 4) is 5.75 Å². The lowest BCUT2D eigenvalue weighted by Gasteiger charge is -2.19. The van der Waals surface area contributed by atoms with Gasteiger partial charge in [0.25, 0.3) is 0 Å². The van der Waals surface area contributed by atoms with Gasteiger partial charge in [0.2, 0.25) is 0 Å². The molecule has 0 unspecified atom stereocenters. The van der Waals surface area contributed by atoms with Crippen molar-refractivity contribution in [3.63, 3.8) is 0 Å². The highest BCUT2D eigenvalue weighted by atomic mass is 16.5. The van der Waals surface area contributed by atoms with E-state index in [1.165, 1.54) is 5.56 Å². The van der Waals surface area contributed by atoms with Crippen molar-refractivity contribution in [2.24, 2.45) is 0 Å². The number of aromatic carboxylic acids is 1. The molecule has 0 aromatic heterocycles. The molecule has 1 aromatic carbocycles. The first-order valence-corrected chi connectivity index (χ1v) is 8.06. The maximum absolute atomic E-state index is 11.4. The van der Waals surface area contributed by atoms with E-state index >= 15 is 0 Å². The molecule has 1 aliphatic heterocycles. The fraction of sp³-hybridized carbons (Fsp3) is 0.588. The van der Waals surface area contributed by atoms with Crippen molar-refractivity contribution in [2.45, 2.75) is 25.7 Å². The Morgan fingerprint density at radius 1 is 1.18 bits per heavy atom. The molecule has 0 bridgehead atoms. The summed E-state index contributed by atoms with van der Waals surface area (Å²) in [5, 5.41) is 9.38. The van der Waals surface area contributed by atoms with Crippen LogP contribution in [-0.4, -0.2) is 55.4 Å². The van der Waals surface area contributed by atoms with Crippen LogP contribution >= 0.6 is 0 Å². The Balaban J connectivity index is 1.62. The number of benzene rings is 1. The number of carboxylic acids is 1. The van der Waals surface area contributed by atoms with Crippen LogP contribution in [0, 0.1) is 0 Å². The van der Waals surface area contributed by atoms with E-state index in [2.05, 4.69) is 4.90 Å². The molecule has 0 spiro atoms. The van der Waals surface area contributed by atoms with E-state index in [0.717, 1.165) is 64.1 Å². The van der Waals surface area contributed by atoms with Gasteiger partial charge in [0.1, 0.15) is 17.9 Å². The van der Waals surface area contributed by atoms with E-state index in [-0.39, 0.29) is 0 Å². The van der Waals surface area contributed by atoms with Crippen LogP contribution in [0.2, 0.25) is 0 Å². The van der Waals surface area contributed by atoms with Crippen LogP contribution in [-0.2, 0) is 17.6 Å². The SMILES string of the molecule is O=C(O)c1cc2c(cc1OCCN1CCCOCC1)CCC2. The molecule has 5 heteroatoms. The number of fused-ring (bicyclic) bond motifs is 1. The summed E-state index contributed by atoms with van der Waals surface area (Å²) in [5.74, 6) is -0.396. The van der Waals surface area contributed by atoms with E-state index < -0.39 is 5.97 Å². The van der Waals surface area contributed by atoms with Crippen molar-refractivity contribution in [1.29, 1.82) is 0 Å². The van der Waals surface area contributed by atoms with Gasteiger partial charge in [-0.3, -0.25) is 4.90 Å². The minimum Gasteiger partial charge on any atom is -0.491 e. The number of ether oxygens (including phenoxy) is 2. The Morgan fingerprint density at radius 3 is 2.82 bits per heavy atom. The second kappa shape index (κ2) is 7.11. The minimum absolute atomic E-state index is 0.292. The van der Waals surface area contributed by atoms with Gasteiger partial charge in [0.15, 0.2) is 0 Å². The van der Waals surface area contributed by atoms with Crippen LogP contribution < -0.4 is 4.74 Å². The lowest BCUT2D eigenvalue weighted by atomic mass is 10.1. The van der Waals surface area contributed by atoms with Gasteiger partial charge in [-0.1, -0.05) is 0 Å². The van der Waals surface area contributed by atoms with Crippen molar-refractivity contribution < 1.29 is 19.4 Å². The molecule has 1 saturated heterocycles. The standard InChI is InChI=1S/C17H23NO4/c19-17(20)15-11-13-3-1-4-14(13)12-16(15)22-10-7-18-5-2-8-21-9-6-18/h11-12H,1-10H2,(H,19,20). The topological polar surface area (TPSA) is 59.0 Å². The molecule has 1 aliphatic carbocycles. The molecule has 22 heavy (non-hydrogen) atoms. The summed E-state index contributed by atoms with van der Waals surface area (Å²) >= 11 is 0. The molecule has 0 radical (unpaired) electrons. The summed E-state index contributed by atoms with van der Waals surface area (Å²) < 4.78 is 11.2. The van der Waals surface area contributed by atoms with Crippen molar-refractivity contribution in [3.05, 3.63) is 28.8 Å². The summed E-state index contributed by atoms with van der Waals surface area (Å²) in [5.41, 5.74) is 2.69. The van der Waals surface area contributed by atoms with Crippen molar-refractivity contribution in [1.82, 2.24) is 4.90 Å². The predicted octanol–water partition coefficient (Wildman–Crippen LogP) is 1.97. The molecule has 0 amide bonds. The molecular formula is C17H23NO4. The Morgan fingerprint density at radius 2 is 2.00 bits per heavy atom. The molecule has 2 aliphatic rings. The molecule has 120 valence electrons. The monoisotopic (exact) mass is 305 g/mol. The smallest absolute Gasteiger partial charge is 0.339 e. The Bertz CT molecular complexity index is 536. The minimum atomic E-state index is -0.909. The average molecular weight is 305 g/mol. The third-order valence-electron chi connectivity index (χ3n) is 4.40. The molecule has 5 nitrogen and oxygen atoms in total.